The molecule has 0 fully saturated rings. The molecule has 2 aliphatic heterocycles. The second kappa shape index (κ2) is 7.22. The summed E-state index contributed by atoms with van der Waals surface area (Å²) >= 11 is 0. The Kier molecular flexibility index (Phi) is 4.39. The highest BCUT2D eigenvalue weighted by Crippen LogP contribution is 2.45. The molecule has 0 aliphatic carbocycles. The van der Waals surface area contributed by atoms with Crippen LogP contribution in [0.3, 0.4) is 0 Å². The number of nitrogens with one attached hydrogen (secondary N) is 1. The molecule has 152 valence electrons. The Labute approximate surface area is 175 Å². The van der Waals surface area contributed by atoms with Gasteiger partial charge in [-0.15, -0.1) is 0 Å². The van der Waals surface area contributed by atoms with E-state index in [9.17, 15) is 5.11 Å². The lowest BCUT2D eigenvalue weighted by Gasteiger charge is -2.42. The molecule has 0 saturated carbocycles. The monoisotopic (exact) mass is 401 g/mol. The second-order valence-corrected chi connectivity index (χ2v) is 7.29. The van der Waals surface area contributed by atoms with Crippen molar-refractivity contribution in [2.24, 2.45) is 0 Å². The van der Waals surface area contributed by atoms with Crippen LogP contribution in [-0.2, 0) is 0 Å². The van der Waals surface area contributed by atoms with Crippen LogP contribution in [-0.4, -0.2) is 26.0 Å². The molecule has 0 aromatic heterocycles. The molecule has 5 rings (SSSR count). The first-order valence-corrected chi connectivity index (χ1v) is 9.81. The van der Waals surface area contributed by atoms with Crippen LogP contribution in [0.2, 0.25) is 0 Å². The topological polar surface area (TPSA) is 57.2 Å². The molecule has 2 heterocycles. The Balaban J connectivity index is 1.62. The predicted octanol–water partition coefficient (Wildman–Crippen LogP) is 4.88. The lowest BCUT2D eigenvalue weighted by molar-refractivity contribution is 0.342. The summed E-state index contributed by atoms with van der Waals surface area (Å²) in [6.07, 6.45) is 0. The summed E-state index contributed by atoms with van der Waals surface area (Å²) < 4.78 is 10.6. The SMILES string of the molecule is COc1ccc([C@@H]2C(O)=C3Nc4ccccc4N3CN2c2ccc(OC)cc2)cc1. The molecule has 0 unspecified atom stereocenters. The van der Waals surface area contributed by atoms with E-state index in [1.54, 1.807) is 14.2 Å². The standard InChI is InChI=1S/C24H23N3O3/c1-29-18-11-7-16(8-12-18)22-23(28)24-25-20-5-3-4-6-21(20)27(24)15-26(22)17-9-13-19(30-2)14-10-17/h3-14,22,25,28H,15H2,1-2H3/t22-/m1/s1. The molecule has 0 saturated heterocycles. The van der Waals surface area contributed by atoms with Gasteiger partial charge in [-0.1, -0.05) is 24.3 Å². The van der Waals surface area contributed by atoms with Crippen molar-refractivity contribution in [3.63, 3.8) is 0 Å². The van der Waals surface area contributed by atoms with Crippen LogP contribution in [0.25, 0.3) is 0 Å². The number of aliphatic hydroxyl groups is 1. The van der Waals surface area contributed by atoms with Gasteiger partial charge in [0, 0.05) is 5.69 Å². The lowest BCUT2D eigenvalue weighted by Crippen LogP contribution is -2.45. The normalized spacial score (nSPS) is 17.3. The number of fused-ring (bicyclic) bond motifs is 3. The van der Waals surface area contributed by atoms with Gasteiger partial charge in [0.1, 0.15) is 17.5 Å². The van der Waals surface area contributed by atoms with E-state index in [1.165, 1.54) is 0 Å². The van der Waals surface area contributed by atoms with Crippen LogP contribution in [0.15, 0.2) is 84.4 Å². The highest BCUT2D eigenvalue weighted by atomic mass is 16.5. The zero-order chi connectivity index (χ0) is 20.7. The summed E-state index contributed by atoms with van der Waals surface area (Å²) in [5.41, 5.74) is 4.01. The van der Waals surface area contributed by atoms with Gasteiger partial charge in [-0.25, -0.2) is 0 Å². The van der Waals surface area contributed by atoms with Gasteiger partial charge in [-0.3, -0.25) is 0 Å². The highest BCUT2D eigenvalue weighted by molar-refractivity contribution is 5.82. The second-order valence-electron chi connectivity index (χ2n) is 7.29. The zero-order valence-corrected chi connectivity index (χ0v) is 16.9. The van der Waals surface area contributed by atoms with E-state index in [-0.39, 0.29) is 11.8 Å². The maximum atomic E-state index is 11.4. The molecular formula is C24H23N3O3. The molecular weight excluding hydrogens is 378 g/mol. The number of ether oxygens (including phenoxy) is 2. The van der Waals surface area contributed by atoms with Crippen molar-refractivity contribution in [1.82, 2.24) is 0 Å². The summed E-state index contributed by atoms with van der Waals surface area (Å²) in [6.45, 7) is 0.590. The van der Waals surface area contributed by atoms with E-state index < -0.39 is 0 Å². The van der Waals surface area contributed by atoms with Gasteiger partial charge >= 0.3 is 0 Å². The first-order chi connectivity index (χ1) is 14.7. The molecule has 6 heteroatoms. The third-order valence-electron chi connectivity index (χ3n) is 5.66. The van der Waals surface area contributed by atoms with Crippen LogP contribution in [0, 0.1) is 0 Å². The Morgan fingerprint density at radius 1 is 0.867 bits per heavy atom. The number of hydrogen-bond donors (Lipinski definition) is 2. The average molecular weight is 401 g/mol. The van der Waals surface area contributed by atoms with Crippen molar-refractivity contribution < 1.29 is 14.6 Å². The Hall–Kier alpha value is -3.80. The van der Waals surface area contributed by atoms with E-state index in [0.717, 1.165) is 39.9 Å². The predicted molar refractivity (Wildman–Crippen MR) is 118 cm³/mol. The van der Waals surface area contributed by atoms with Crippen LogP contribution < -0.4 is 24.6 Å². The Morgan fingerprint density at radius 2 is 1.50 bits per heavy atom. The van der Waals surface area contributed by atoms with E-state index in [1.807, 2.05) is 66.7 Å². The third kappa shape index (κ3) is 2.88. The molecule has 0 radical (unpaired) electrons. The number of benzene rings is 3. The molecule has 0 bridgehead atoms. The van der Waals surface area contributed by atoms with Crippen molar-refractivity contribution >= 4 is 17.1 Å². The van der Waals surface area contributed by atoms with Crippen molar-refractivity contribution in [3.05, 3.63) is 89.9 Å². The largest absolute Gasteiger partial charge is 0.506 e. The smallest absolute Gasteiger partial charge is 0.160 e. The molecule has 30 heavy (non-hydrogen) atoms. The summed E-state index contributed by atoms with van der Waals surface area (Å²) in [4.78, 5) is 4.29. The fraction of sp³-hybridized carbons (Fsp3) is 0.167. The minimum absolute atomic E-state index is 0.276. The maximum Gasteiger partial charge on any atom is 0.160 e. The molecule has 3 aromatic carbocycles. The van der Waals surface area contributed by atoms with Crippen LogP contribution in [0.1, 0.15) is 11.6 Å². The summed E-state index contributed by atoms with van der Waals surface area (Å²) in [6, 6.07) is 23.5. The number of aliphatic hydroxyl groups excluding tert-OH is 1. The highest BCUT2D eigenvalue weighted by Gasteiger charge is 2.39. The van der Waals surface area contributed by atoms with Gasteiger partial charge < -0.3 is 29.7 Å². The molecule has 2 aliphatic rings. The molecule has 2 N–H and O–H groups in total. The van der Waals surface area contributed by atoms with Crippen molar-refractivity contribution in [1.29, 1.82) is 0 Å². The number of rotatable bonds is 4. The fourth-order valence-electron chi connectivity index (χ4n) is 4.12. The van der Waals surface area contributed by atoms with Gasteiger partial charge in [0.15, 0.2) is 11.6 Å². The van der Waals surface area contributed by atoms with Crippen molar-refractivity contribution in [2.45, 2.75) is 6.04 Å². The van der Waals surface area contributed by atoms with E-state index >= 15 is 0 Å². The first-order valence-electron chi connectivity index (χ1n) is 9.81. The molecule has 6 nitrogen and oxygen atoms in total. The van der Waals surface area contributed by atoms with E-state index in [0.29, 0.717) is 6.67 Å². The van der Waals surface area contributed by atoms with Crippen molar-refractivity contribution in [2.75, 3.05) is 36.0 Å². The van der Waals surface area contributed by atoms with Crippen LogP contribution >= 0.6 is 0 Å². The number of para-hydroxylation sites is 2. The maximum absolute atomic E-state index is 11.4. The number of methoxy groups -OCH3 is 2. The molecule has 3 aromatic rings. The zero-order valence-electron chi connectivity index (χ0n) is 16.9. The number of hydrogen-bond acceptors (Lipinski definition) is 6. The van der Waals surface area contributed by atoms with Gasteiger partial charge in [0.05, 0.1) is 32.3 Å². The van der Waals surface area contributed by atoms with Crippen molar-refractivity contribution in [3.8, 4) is 11.5 Å². The van der Waals surface area contributed by atoms with E-state index in [2.05, 4.69) is 21.2 Å². The first kappa shape index (κ1) is 18.2. The Morgan fingerprint density at radius 3 is 2.17 bits per heavy atom. The quantitative estimate of drug-likeness (QED) is 0.650. The molecule has 0 amide bonds. The minimum Gasteiger partial charge on any atom is -0.506 e. The summed E-state index contributed by atoms with van der Waals surface area (Å²) in [5, 5.41) is 14.8. The van der Waals surface area contributed by atoms with Gasteiger partial charge in [0.25, 0.3) is 0 Å². The average Bonchev–Trinajstić information content (AvgIpc) is 3.18. The van der Waals surface area contributed by atoms with Gasteiger partial charge in [0.2, 0.25) is 0 Å². The Bertz CT molecular complexity index is 1090. The van der Waals surface area contributed by atoms with Crippen LogP contribution in [0.4, 0.5) is 17.1 Å². The van der Waals surface area contributed by atoms with Gasteiger partial charge in [-0.2, -0.15) is 0 Å². The van der Waals surface area contributed by atoms with Gasteiger partial charge in [-0.05, 0) is 54.1 Å². The summed E-state index contributed by atoms with van der Waals surface area (Å²) in [5.74, 6) is 2.58. The van der Waals surface area contributed by atoms with Crippen LogP contribution in [0.5, 0.6) is 11.5 Å². The number of nitrogens with zero attached hydrogens (tertiary/aromatic N) is 2. The lowest BCUT2D eigenvalue weighted by atomic mass is 10.0. The molecule has 1 atom stereocenters. The third-order valence-corrected chi connectivity index (χ3v) is 5.66. The summed E-state index contributed by atoms with van der Waals surface area (Å²) in [7, 11) is 3.31. The fourth-order valence-corrected chi connectivity index (χ4v) is 4.12. The number of anilines is 3. The molecule has 0 spiro atoms. The van der Waals surface area contributed by atoms with E-state index in [4.69, 9.17) is 9.47 Å². The minimum atomic E-state index is -0.336.